The molecular formula is C24H41KO. The second-order valence-corrected chi connectivity index (χ2v) is 7.10. The minimum absolute atomic E-state index is 0. The van der Waals surface area contributed by atoms with Crippen LogP contribution in [0.25, 0.3) is 0 Å². The normalized spacial score (nSPS) is 10.8. The van der Waals surface area contributed by atoms with Crippen LogP contribution in [0.4, 0.5) is 0 Å². The summed E-state index contributed by atoms with van der Waals surface area (Å²) in [5.74, 6) is 0.996. The van der Waals surface area contributed by atoms with E-state index >= 15 is 0 Å². The van der Waals surface area contributed by atoms with Gasteiger partial charge in [-0.1, -0.05) is 95.1 Å². The number of para-hydroxylation sites is 1. The molecule has 26 heavy (non-hydrogen) atoms. The molecule has 0 unspecified atom stereocenters. The van der Waals surface area contributed by atoms with Gasteiger partial charge in [0.1, 0.15) is 5.75 Å². The number of unbranched alkanes of at least 4 members (excludes halogenated alkanes) is 12. The van der Waals surface area contributed by atoms with E-state index in [1.807, 2.05) is 30.3 Å². The van der Waals surface area contributed by atoms with Gasteiger partial charge in [0, 0.05) is 0 Å². The molecular weight excluding hydrogens is 343 g/mol. The number of ether oxygens (including phenoxy) is 1. The van der Waals surface area contributed by atoms with Crippen molar-refractivity contribution in [3.05, 3.63) is 42.5 Å². The summed E-state index contributed by atoms with van der Waals surface area (Å²) in [6, 6.07) is 10.1. The second-order valence-electron chi connectivity index (χ2n) is 7.10. The molecule has 0 heterocycles. The Kier molecular flexibility index (Phi) is 22.0. The van der Waals surface area contributed by atoms with Gasteiger partial charge in [-0.05, 0) is 44.2 Å². The summed E-state index contributed by atoms with van der Waals surface area (Å²) in [6.45, 7) is 3.13. The zero-order valence-electron chi connectivity index (χ0n) is 16.6. The quantitative estimate of drug-likeness (QED) is 0.154. The summed E-state index contributed by atoms with van der Waals surface area (Å²) in [6.07, 6.45) is 23.7. The molecule has 0 atom stereocenters. The van der Waals surface area contributed by atoms with Crippen LogP contribution in [0.1, 0.15) is 96.8 Å². The molecule has 0 bridgehead atoms. The van der Waals surface area contributed by atoms with Crippen LogP contribution in [0.3, 0.4) is 0 Å². The van der Waals surface area contributed by atoms with Crippen molar-refractivity contribution < 1.29 is 4.74 Å². The van der Waals surface area contributed by atoms with Gasteiger partial charge >= 0.3 is 51.4 Å². The Balaban J connectivity index is 0.00000625. The molecule has 144 valence electrons. The molecule has 1 nitrogen and oxygen atoms in total. The van der Waals surface area contributed by atoms with Gasteiger partial charge < -0.3 is 4.74 Å². The van der Waals surface area contributed by atoms with E-state index in [1.54, 1.807) is 0 Å². The third kappa shape index (κ3) is 17.8. The van der Waals surface area contributed by atoms with Crippen molar-refractivity contribution in [2.75, 3.05) is 6.61 Å². The molecule has 0 saturated carbocycles. The van der Waals surface area contributed by atoms with E-state index in [2.05, 4.69) is 19.1 Å². The molecule has 0 radical (unpaired) electrons. The average Bonchev–Trinajstić information content (AvgIpc) is 2.65. The van der Waals surface area contributed by atoms with Crippen LogP contribution >= 0.6 is 0 Å². The SMILES string of the molecule is CCCCCCCC/C=C\CCCCCCCCOc1ccccc1.[KH]. The van der Waals surface area contributed by atoms with Crippen LogP contribution in [0.2, 0.25) is 0 Å². The molecule has 0 aliphatic carbocycles. The van der Waals surface area contributed by atoms with E-state index in [9.17, 15) is 0 Å². The summed E-state index contributed by atoms with van der Waals surface area (Å²) in [7, 11) is 0. The number of rotatable bonds is 17. The standard InChI is InChI=1S/C24H40O.K.H/c1-2-3-4-5-6-7-8-9-10-11-12-13-14-15-16-20-23-25-24-21-18-17-19-22-24;;/h9-10,17-19,21-22H,2-8,11-16,20,23H2,1H3;;/b10-9-;;. The fourth-order valence-electron chi connectivity index (χ4n) is 3.06. The van der Waals surface area contributed by atoms with Crippen molar-refractivity contribution in [2.24, 2.45) is 0 Å². The first kappa shape index (κ1) is 26.4. The first-order chi connectivity index (χ1) is 12.4. The van der Waals surface area contributed by atoms with Crippen molar-refractivity contribution in [2.45, 2.75) is 96.8 Å². The Hall–Kier alpha value is 0.396. The average molecular weight is 385 g/mol. The van der Waals surface area contributed by atoms with Crippen molar-refractivity contribution in [1.29, 1.82) is 0 Å². The van der Waals surface area contributed by atoms with E-state index in [4.69, 9.17) is 4.74 Å². The number of hydrogen-bond acceptors (Lipinski definition) is 1. The van der Waals surface area contributed by atoms with Crippen LogP contribution in [-0.2, 0) is 0 Å². The molecule has 1 aromatic rings. The maximum absolute atomic E-state index is 5.72. The maximum atomic E-state index is 5.72. The van der Waals surface area contributed by atoms with Crippen LogP contribution in [0, 0.1) is 0 Å². The fourth-order valence-corrected chi connectivity index (χ4v) is 3.06. The molecule has 0 fully saturated rings. The molecule has 0 saturated heterocycles. The van der Waals surface area contributed by atoms with Crippen LogP contribution < -0.4 is 4.74 Å². The molecule has 0 N–H and O–H groups in total. The van der Waals surface area contributed by atoms with Gasteiger partial charge in [0.05, 0.1) is 6.61 Å². The number of allylic oxidation sites excluding steroid dienone is 2. The fraction of sp³-hybridized carbons (Fsp3) is 0.667. The Bertz CT molecular complexity index is 402. The number of benzene rings is 1. The van der Waals surface area contributed by atoms with Gasteiger partial charge in [-0.3, -0.25) is 0 Å². The van der Waals surface area contributed by atoms with Gasteiger partial charge in [-0.2, -0.15) is 0 Å². The minimum atomic E-state index is 0. The Morgan fingerprint density at radius 1 is 0.654 bits per heavy atom. The second kappa shape index (κ2) is 21.7. The van der Waals surface area contributed by atoms with Crippen LogP contribution in [0.15, 0.2) is 42.5 Å². The third-order valence-electron chi connectivity index (χ3n) is 4.67. The topological polar surface area (TPSA) is 9.23 Å². The number of hydrogen-bond donors (Lipinski definition) is 0. The Morgan fingerprint density at radius 2 is 1.15 bits per heavy atom. The monoisotopic (exact) mass is 384 g/mol. The zero-order valence-corrected chi connectivity index (χ0v) is 16.6. The van der Waals surface area contributed by atoms with E-state index in [-0.39, 0.29) is 51.4 Å². The summed E-state index contributed by atoms with van der Waals surface area (Å²) in [5.41, 5.74) is 0. The Morgan fingerprint density at radius 3 is 1.73 bits per heavy atom. The molecule has 2 heteroatoms. The van der Waals surface area contributed by atoms with Crippen molar-refractivity contribution >= 4 is 51.4 Å². The predicted molar refractivity (Wildman–Crippen MR) is 119 cm³/mol. The molecule has 0 amide bonds. The van der Waals surface area contributed by atoms with E-state index in [0.717, 1.165) is 12.4 Å². The summed E-state index contributed by atoms with van der Waals surface area (Å²) in [5, 5.41) is 0. The summed E-state index contributed by atoms with van der Waals surface area (Å²) >= 11 is 0. The molecule has 0 aliphatic rings. The molecule has 0 aliphatic heterocycles. The van der Waals surface area contributed by atoms with Gasteiger partial charge in [0.15, 0.2) is 0 Å². The molecule has 1 rings (SSSR count). The first-order valence-corrected chi connectivity index (χ1v) is 10.8. The zero-order chi connectivity index (χ0) is 17.8. The molecule has 0 spiro atoms. The Labute approximate surface area is 205 Å². The van der Waals surface area contributed by atoms with Crippen molar-refractivity contribution in [3.8, 4) is 5.75 Å². The molecule has 0 aromatic heterocycles. The van der Waals surface area contributed by atoms with Crippen LogP contribution in [0.5, 0.6) is 5.75 Å². The van der Waals surface area contributed by atoms with Gasteiger partial charge in [0.2, 0.25) is 0 Å². The van der Waals surface area contributed by atoms with Gasteiger partial charge in [-0.15, -0.1) is 0 Å². The van der Waals surface area contributed by atoms with E-state index in [0.29, 0.717) is 0 Å². The van der Waals surface area contributed by atoms with Crippen molar-refractivity contribution in [3.63, 3.8) is 0 Å². The van der Waals surface area contributed by atoms with Crippen LogP contribution in [-0.4, -0.2) is 58.0 Å². The third-order valence-corrected chi connectivity index (χ3v) is 4.67. The summed E-state index contributed by atoms with van der Waals surface area (Å²) < 4.78 is 5.72. The van der Waals surface area contributed by atoms with Crippen molar-refractivity contribution in [1.82, 2.24) is 0 Å². The van der Waals surface area contributed by atoms with Gasteiger partial charge in [0.25, 0.3) is 0 Å². The molecule has 1 aromatic carbocycles. The van der Waals surface area contributed by atoms with Gasteiger partial charge in [-0.25, -0.2) is 0 Å². The van der Waals surface area contributed by atoms with E-state index in [1.165, 1.54) is 89.9 Å². The van der Waals surface area contributed by atoms with E-state index < -0.39 is 0 Å². The predicted octanol–water partition coefficient (Wildman–Crippen LogP) is 7.45. The first-order valence-electron chi connectivity index (χ1n) is 10.8. The summed E-state index contributed by atoms with van der Waals surface area (Å²) in [4.78, 5) is 0.